The van der Waals surface area contributed by atoms with Gasteiger partial charge in [-0.2, -0.15) is 0 Å². The van der Waals surface area contributed by atoms with E-state index in [4.69, 9.17) is 21.1 Å². The molecule has 1 aliphatic rings. The molecule has 0 bridgehead atoms. The highest BCUT2D eigenvalue weighted by Gasteiger charge is 2.44. The molecule has 0 aromatic heterocycles. The third kappa shape index (κ3) is 4.68. The molecule has 2 atom stereocenters. The van der Waals surface area contributed by atoms with Gasteiger partial charge >= 0.3 is 6.09 Å². The first kappa shape index (κ1) is 21.2. The van der Waals surface area contributed by atoms with E-state index in [0.717, 1.165) is 34.7 Å². The second-order valence-electron chi connectivity index (χ2n) is 7.04. The molecule has 1 heterocycles. The number of anilines is 1. The molecule has 4 nitrogen and oxygen atoms in total. The predicted molar refractivity (Wildman–Crippen MR) is 109 cm³/mol. The van der Waals surface area contributed by atoms with Crippen LogP contribution in [0.25, 0.3) is 0 Å². The lowest BCUT2D eigenvalue weighted by Crippen LogP contribution is -2.31. The van der Waals surface area contributed by atoms with Gasteiger partial charge in [0.1, 0.15) is 23.5 Å². The zero-order valence-corrected chi connectivity index (χ0v) is 16.9. The van der Waals surface area contributed by atoms with Gasteiger partial charge in [-0.25, -0.2) is 18.0 Å². The molecule has 0 N–H and O–H groups in total. The van der Waals surface area contributed by atoms with E-state index in [0.29, 0.717) is 0 Å². The van der Waals surface area contributed by atoms with Crippen LogP contribution in [0.1, 0.15) is 17.2 Å². The first-order valence-electron chi connectivity index (χ1n) is 9.45. The van der Waals surface area contributed by atoms with Crippen molar-refractivity contribution in [2.24, 2.45) is 0 Å². The molecule has 1 aliphatic heterocycles. The van der Waals surface area contributed by atoms with E-state index in [1.54, 1.807) is 0 Å². The fourth-order valence-corrected chi connectivity index (χ4v) is 3.65. The van der Waals surface area contributed by atoms with Crippen molar-refractivity contribution in [2.75, 3.05) is 11.5 Å². The molecule has 31 heavy (non-hydrogen) atoms. The molecular weight excluding hydrogens is 431 g/mol. The second kappa shape index (κ2) is 8.99. The number of halogens is 4. The van der Waals surface area contributed by atoms with Crippen molar-refractivity contribution in [3.05, 3.63) is 100 Å². The molecule has 0 radical (unpaired) electrons. The summed E-state index contributed by atoms with van der Waals surface area (Å²) < 4.78 is 53.1. The predicted octanol–water partition coefficient (Wildman–Crippen LogP) is 6.04. The van der Waals surface area contributed by atoms with Gasteiger partial charge in [-0.15, -0.1) is 0 Å². The lowest BCUT2D eigenvalue weighted by Gasteiger charge is -2.25. The van der Waals surface area contributed by atoms with Crippen LogP contribution in [-0.4, -0.2) is 18.8 Å². The van der Waals surface area contributed by atoms with Gasteiger partial charge in [0.2, 0.25) is 0 Å². The molecule has 4 rings (SSSR count). The fraction of sp³-hybridized carbons (Fsp3) is 0.174. The Morgan fingerprint density at radius 1 is 0.968 bits per heavy atom. The fourth-order valence-electron chi connectivity index (χ4n) is 3.53. The minimum Gasteiger partial charge on any atom is -0.441 e. The largest absolute Gasteiger partial charge is 0.441 e. The average Bonchev–Trinajstić information content (AvgIpc) is 3.06. The highest BCUT2D eigenvalue weighted by atomic mass is 35.5. The minimum atomic E-state index is -0.936. The van der Waals surface area contributed by atoms with Crippen LogP contribution < -0.4 is 4.90 Å². The third-order valence-corrected chi connectivity index (χ3v) is 5.19. The highest BCUT2D eigenvalue weighted by molar-refractivity contribution is 6.30. The third-order valence-electron chi connectivity index (χ3n) is 4.88. The standard InChI is InChI=1S/C23H17ClF3NO3/c24-19-7-6-18(11-20(19)27)28-22(15-8-16(25)10-17(26)9-15)21(31-23(28)29)13-30-12-14-4-2-1-3-5-14/h1-11,21-22H,12-13H2/t21-,22-/m0/s1. The van der Waals surface area contributed by atoms with Crippen LogP contribution in [-0.2, 0) is 16.1 Å². The summed E-state index contributed by atoms with van der Waals surface area (Å²) in [5.41, 5.74) is 1.22. The SMILES string of the molecule is O=C1O[C@@H](COCc2ccccc2)[C@H](c2cc(F)cc(F)c2)N1c1ccc(Cl)c(F)c1. The highest BCUT2D eigenvalue weighted by Crippen LogP contribution is 2.39. The monoisotopic (exact) mass is 447 g/mol. The Labute approximate surface area is 181 Å². The number of rotatable bonds is 6. The van der Waals surface area contributed by atoms with E-state index in [1.165, 1.54) is 12.1 Å². The summed E-state index contributed by atoms with van der Waals surface area (Å²) >= 11 is 5.75. The lowest BCUT2D eigenvalue weighted by molar-refractivity contribution is 0.0272. The molecule has 1 amide bonds. The van der Waals surface area contributed by atoms with Gasteiger partial charge in [0.05, 0.1) is 23.9 Å². The molecule has 8 heteroatoms. The van der Waals surface area contributed by atoms with Gasteiger partial charge in [-0.1, -0.05) is 41.9 Å². The van der Waals surface area contributed by atoms with Gasteiger partial charge in [0, 0.05) is 6.07 Å². The first-order chi connectivity index (χ1) is 14.9. The summed E-state index contributed by atoms with van der Waals surface area (Å²) in [6, 6.07) is 15.2. The maximum Gasteiger partial charge on any atom is 0.415 e. The number of ether oxygens (including phenoxy) is 2. The van der Waals surface area contributed by atoms with Crippen molar-refractivity contribution in [3.8, 4) is 0 Å². The van der Waals surface area contributed by atoms with Crippen molar-refractivity contribution in [1.29, 1.82) is 0 Å². The summed E-state index contributed by atoms with van der Waals surface area (Å²) in [5.74, 6) is -2.35. The number of carbonyl (C=O) groups excluding carboxylic acids is 1. The first-order valence-corrected chi connectivity index (χ1v) is 9.83. The zero-order chi connectivity index (χ0) is 22.0. The molecule has 0 saturated carbocycles. The number of hydrogen-bond donors (Lipinski definition) is 0. The van der Waals surface area contributed by atoms with Crippen molar-refractivity contribution < 1.29 is 27.4 Å². The average molecular weight is 448 g/mol. The van der Waals surface area contributed by atoms with Crippen molar-refractivity contribution in [1.82, 2.24) is 0 Å². The number of hydrogen-bond acceptors (Lipinski definition) is 3. The molecule has 3 aromatic rings. The Morgan fingerprint density at radius 2 is 1.68 bits per heavy atom. The Balaban J connectivity index is 1.65. The number of carbonyl (C=O) groups is 1. The van der Waals surface area contributed by atoms with Crippen molar-refractivity contribution >= 4 is 23.4 Å². The topological polar surface area (TPSA) is 38.8 Å². The Bertz CT molecular complexity index is 1080. The second-order valence-corrected chi connectivity index (χ2v) is 7.45. The van der Waals surface area contributed by atoms with Crippen LogP contribution in [0.5, 0.6) is 0 Å². The smallest absolute Gasteiger partial charge is 0.415 e. The Kier molecular flexibility index (Phi) is 6.15. The summed E-state index contributed by atoms with van der Waals surface area (Å²) in [5, 5.41) is -0.118. The van der Waals surface area contributed by atoms with Crippen LogP contribution in [0.2, 0.25) is 5.02 Å². The van der Waals surface area contributed by atoms with Gasteiger partial charge in [-0.05, 0) is 41.5 Å². The van der Waals surface area contributed by atoms with E-state index in [9.17, 15) is 18.0 Å². The lowest BCUT2D eigenvalue weighted by atomic mass is 10.00. The van der Waals surface area contributed by atoms with Crippen molar-refractivity contribution in [2.45, 2.75) is 18.8 Å². The van der Waals surface area contributed by atoms with E-state index in [1.807, 2.05) is 30.3 Å². The van der Waals surface area contributed by atoms with Crippen LogP contribution in [0.15, 0.2) is 66.7 Å². The van der Waals surface area contributed by atoms with E-state index < -0.39 is 35.7 Å². The molecule has 0 aliphatic carbocycles. The summed E-state index contributed by atoms with van der Waals surface area (Å²) in [6.07, 6.45) is -1.67. The summed E-state index contributed by atoms with van der Waals surface area (Å²) in [7, 11) is 0. The van der Waals surface area contributed by atoms with E-state index in [-0.39, 0.29) is 29.5 Å². The molecule has 3 aromatic carbocycles. The van der Waals surface area contributed by atoms with Gasteiger partial charge < -0.3 is 9.47 Å². The maximum absolute atomic E-state index is 14.0. The van der Waals surface area contributed by atoms with E-state index >= 15 is 0 Å². The maximum atomic E-state index is 14.0. The molecule has 160 valence electrons. The Hall–Kier alpha value is -3.03. The number of cyclic esters (lactones) is 1. The van der Waals surface area contributed by atoms with Crippen LogP contribution >= 0.6 is 11.6 Å². The van der Waals surface area contributed by atoms with Gasteiger partial charge in [0.15, 0.2) is 6.10 Å². The number of benzene rings is 3. The van der Waals surface area contributed by atoms with Crippen LogP contribution in [0, 0.1) is 17.5 Å². The van der Waals surface area contributed by atoms with Crippen LogP contribution in [0.4, 0.5) is 23.7 Å². The molecule has 1 saturated heterocycles. The minimum absolute atomic E-state index is 0.0317. The summed E-state index contributed by atoms with van der Waals surface area (Å²) in [6.45, 7) is 0.227. The number of amides is 1. The molecule has 1 fully saturated rings. The zero-order valence-electron chi connectivity index (χ0n) is 16.1. The normalized spacial score (nSPS) is 18.3. The summed E-state index contributed by atoms with van der Waals surface area (Å²) in [4.78, 5) is 13.8. The van der Waals surface area contributed by atoms with Gasteiger partial charge in [0.25, 0.3) is 0 Å². The van der Waals surface area contributed by atoms with Gasteiger partial charge in [-0.3, -0.25) is 4.90 Å². The van der Waals surface area contributed by atoms with E-state index in [2.05, 4.69) is 0 Å². The van der Waals surface area contributed by atoms with Crippen molar-refractivity contribution in [3.63, 3.8) is 0 Å². The molecular formula is C23H17ClF3NO3. The molecule has 0 spiro atoms. The molecule has 0 unspecified atom stereocenters. The number of nitrogens with zero attached hydrogens (tertiary/aromatic N) is 1. The quantitative estimate of drug-likeness (QED) is 0.462. The van der Waals surface area contributed by atoms with Crippen LogP contribution in [0.3, 0.4) is 0 Å². The Morgan fingerprint density at radius 3 is 2.35 bits per heavy atom.